The second-order valence-electron chi connectivity index (χ2n) is 3.85. The van der Waals surface area contributed by atoms with Gasteiger partial charge in [0.15, 0.2) is 16.9 Å². The van der Waals surface area contributed by atoms with E-state index >= 15 is 0 Å². The number of methoxy groups -OCH3 is 2. The molecule has 0 saturated carbocycles. The van der Waals surface area contributed by atoms with Crippen molar-refractivity contribution in [3.8, 4) is 11.5 Å². The summed E-state index contributed by atoms with van der Waals surface area (Å²) >= 11 is 0. The number of primary amides is 1. The maximum atomic E-state index is 12.0. The number of fused-ring (bicyclic) bond motifs is 1. The van der Waals surface area contributed by atoms with Crippen LogP contribution in [0.4, 0.5) is 4.79 Å². The minimum atomic E-state index is -0.968. The summed E-state index contributed by atoms with van der Waals surface area (Å²) in [7, 11) is 2.82. The minimum absolute atomic E-state index is 0.137. The van der Waals surface area contributed by atoms with Gasteiger partial charge in [0.25, 0.3) is 0 Å². The molecule has 0 radical (unpaired) electrons. The van der Waals surface area contributed by atoms with Crippen LogP contribution in [-0.4, -0.2) is 20.3 Å². The van der Waals surface area contributed by atoms with Crippen LogP contribution < -0.4 is 36.8 Å². The maximum absolute atomic E-state index is 12.0. The average molecular weight is 277 g/mol. The highest BCUT2D eigenvalue weighted by Crippen LogP contribution is 2.29. The Bertz CT molecular complexity index is 775. The van der Waals surface area contributed by atoms with Gasteiger partial charge in [0.05, 0.1) is 14.2 Å². The predicted molar refractivity (Wildman–Crippen MR) is 70.2 cm³/mol. The van der Waals surface area contributed by atoms with Gasteiger partial charge in [-0.1, -0.05) is 0 Å². The lowest BCUT2D eigenvalue weighted by Crippen LogP contribution is -2.37. The zero-order chi connectivity index (χ0) is 14.9. The highest BCUT2D eigenvalue weighted by Gasteiger charge is 2.15. The third-order valence-electron chi connectivity index (χ3n) is 2.72. The number of hydrogen-bond acceptors (Lipinski definition) is 6. The van der Waals surface area contributed by atoms with Gasteiger partial charge in [0.1, 0.15) is 0 Å². The Morgan fingerprint density at radius 3 is 1.90 bits per heavy atom. The number of rotatable bonds is 3. The van der Waals surface area contributed by atoms with E-state index in [-0.39, 0.29) is 10.8 Å². The molecule has 8 heteroatoms. The van der Waals surface area contributed by atoms with Crippen LogP contribution in [0.5, 0.6) is 11.5 Å². The second kappa shape index (κ2) is 5.00. The number of nitrogens with zero attached hydrogens (tertiary/aromatic N) is 1. The van der Waals surface area contributed by atoms with Crippen LogP contribution in [0.1, 0.15) is 0 Å². The van der Waals surface area contributed by atoms with Crippen molar-refractivity contribution in [1.82, 2.24) is 5.43 Å². The lowest BCUT2D eigenvalue weighted by molar-refractivity contribution is 0.249. The molecule has 0 aromatic heterocycles. The van der Waals surface area contributed by atoms with E-state index in [1.807, 2.05) is 5.43 Å². The molecule has 2 amide bonds. The molecule has 20 heavy (non-hydrogen) atoms. The van der Waals surface area contributed by atoms with Crippen LogP contribution in [0.3, 0.4) is 0 Å². The van der Waals surface area contributed by atoms with Crippen LogP contribution in [0.25, 0.3) is 10.8 Å². The molecule has 104 valence electrons. The summed E-state index contributed by atoms with van der Waals surface area (Å²) in [5.41, 5.74) is 5.48. The number of amides is 2. The molecular formula is C12H11N3O5. The Labute approximate surface area is 112 Å². The number of ether oxygens (including phenoxy) is 2. The highest BCUT2D eigenvalue weighted by molar-refractivity contribution is 5.87. The second-order valence-corrected chi connectivity index (χ2v) is 3.85. The Balaban J connectivity index is 2.83. The zero-order valence-corrected chi connectivity index (χ0v) is 10.7. The molecule has 0 aliphatic carbocycles. The van der Waals surface area contributed by atoms with Gasteiger partial charge in [0, 0.05) is 10.8 Å². The van der Waals surface area contributed by atoms with E-state index < -0.39 is 22.2 Å². The predicted octanol–water partition coefficient (Wildman–Crippen LogP) is -1.06. The van der Waals surface area contributed by atoms with Gasteiger partial charge in [-0.25, -0.2) is 10.2 Å². The van der Waals surface area contributed by atoms with Crippen LogP contribution in [0.2, 0.25) is 0 Å². The largest absolute Gasteiger partial charge is 0.493 e. The van der Waals surface area contributed by atoms with Crippen molar-refractivity contribution in [2.45, 2.75) is 0 Å². The van der Waals surface area contributed by atoms with E-state index in [0.29, 0.717) is 11.5 Å². The van der Waals surface area contributed by atoms with E-state index in [9.17, 15) is 14.4 Å². The van der Waals surface area contributed by atoms with E-state index in [1.165, 1.54) is 26.4 Å². The molecule has 2 aromatic rings. The van der Waals surface area contributed by atoms with E-state index in [1.54, 1.807) is 0 Å². The summed E-state index contributed by atoms with van der Waals surface area (Å²) in [5, 5.41) is 3.29. The fraction of sp³-hybridized carbons (Fsp3) is 0.167. The van der Waals surface area contributed by atoms with Crippen molar-refractivity contribution in [2.75, 3.05) is 14.2 Å². The number of nitrogens with one attached hydrogen (secondary N) is 1. The molecule has 0 aliphatic rings. The molecule has 8 nitrogen and oxygen atoms in total. The van der Waals surface area contributed by atoms with Crippen LogP contribution >= 0.6 is 0 Å². The van der Waals surface area contributed by atoms with Crippen molar-refractivity contribution < 1.29 is 14.3 Å². The lowest BCUT2D eigenvalue weighted by Gasteiger charge is -2.06. The highest BCUT2D eigenvalue weighted by atomic mass is 16.5. The molecule has 0 aliphatic heterocycles. The first kappa shape index (κ1) is 13.5. The van der Waals surface area contributed by atoms with E-state index in [2.05, 4.69) is 5.10 Å². The third kappa shape index (κ3) is 2.07. The minimum Gasteiger partial charge on any atom is -0.493 e. The summed E-state index contributed by atoms with van der Waals surface area (Å²) < 4.78 is 10.1. The van der Waals surface area contributed by atoms with Crippen molar-refractivity contribution in [3.05, 3.63) is 37.9 Å². The summed E-state index contributed by atoms with van der Waals surface area (Å²) in [6.07, 6.45) is 0. The van der Waals surface area contributed by atoms with Crippen molar-refractivity contribution in [2.24, 2.45) is 10.8 Å². The first-order chi connectivity index (χ1) is 9.49. The first-order valence-corrected chi connectivity index (χ1v) is 5.48. The van der Waals surface area contributed by atoms with Crippen molar-refractivity contribution >= 4 is 16.8 Å². The Morgan fingerprint density at radius 1 is 1.10 bits per heavy atom. The quantitative estimate of drug-likeness (QED) is 0.693. The molecule has 0 saturated heterocycles. The normalized spacial score (nSPS) is 10.3. The van der Waals surface area contributed by atoms with E-state index in [0.717, 1.165) is 0 Å². The molecule has 2 rings (SSSR count). The standard InChI is InChI=1S/C12H11N3O5/c1-19-7-3-5-6(4-8(7)20-2)11(17)9(10(5)16)14-15-12(13)18/h3-4H,1-2H3,(H3,13,15,18). The number of urea groups is 1. The van der Waals surface area contributed by atoms with Crippen LogP contribution in [-0.2, 0) is 0 Å². The third-order valence-corrected chi connectivity index (χ3v) is 2.72. The number of carbonyl (C=O) groups is 1. The first-order valence-electron chi connectivity index (χ1n) is 5.48. The molecule has 3 N–H and O–H groups in total. The van der Waals surface area contributed by atoms with Crippen molar-refractivity contribution in [1.29, 1.82) is 0 Å². The summed E-state index contributed by atoms with van der Waals surface area (Å²) in [5.74, 6) is 0.632. The Morgan fingerprint density at radius 2 is 1.55 bits per heavy atom. The number of hydrogen-bond donors (Lipinski definition) is 2. The van der Waals surface area contributed by atoms with Gasteiger partial charge in [-0.15, -0.1) is 0 Å². The van der Waals surface area contributed by atoms with Gasteiger partial charge in [-0.2, -0.15) is 5.10 Å². The zero-order valence-electron chi connectivity index (χ0n) is 10.7. The fourth-order valence-electron chi connectivity index (χ4n) is 1.83. The van der Waals surface area contributed by atoms with Gasteiger partial charge < -0.3 is 15.2 Å². The van der Waals surface area contributed by atoms with Crippen LogP contribution in [0, 0.1) is 0 Å². The number of carbonyl (C=O) groups excluding carboxylic acids is 1. The van der Waals surface area contributed by atoms with Gasteiger partial charge in [0.2, 0.25) is 10.9 Å². The molecular weight excluding hydrogens is 266 g/mol. The van der Waals surface area contributed by atoms with Crippen molar-refractivity contribution in [3.63, 3.8) is 0 Å². The maximum Gasteiger partial charge on any atom is 0.332 e. The molecule has 0 fully saturated rings. The van der Waals surface area contributed by atoms with E-state index in [4.69, 9.17) is 15.2 Å². The molecule has 0 spiro atoms. The molecule has 0 heterocycles. The Hall–Kier alpha value is -2.90. The summed E-state index contributed by atoms with van der Waals surface area (Å²) in [6, 6.07) is 1.81. The fourth-order valence-corrected chi connectivity index (χ4v) is 1.83. The van der Waals surface area contributed by atoms with Crippen LogP contribution in [0.15, 0.2) is 26.8 Å². The van der Waals surface area contributed by atoms with Gasteiger partial charge in [-0.3, -0.25) is 9.59 Å². The molecule has 0 atom stereocenters. The number of benzene rings is 1. The monoisotopic (exact) mass is 277 g/mol. The topological polar surface area (TPSA) is 120 Å². The summed E-state index contributed by atoms with van der Waals surface area (Å²) in [6.45, 7) is 0. The van der Waals surface area contributed by atoms with Gasteiger partial charge >= 0.3 is 6.03 Å². The SMILES string of the molecule is COc1cc2c(=O)c(=NNC(N)=O)c(=O)c2cc1OC. The molecule has 0 bridgehead atoms. The Kier molecular flexibility index (Phi) is 3.38. The smallest absolute Gasteiger partial charge is 0.332 e. The molecule has 2 aromatic carbocycles. The average Bonchev–Trinajstić information content (AvgIpc) is 2.66. The molecule has 0 unspecified atom stereocenters. The number of nitrogens with two attached hydrogens (primary N) is 1. The lowest BCUT2D eigenvalue weighted by atomic mass is 10.2. The van der Waals surface area contributed by atoms with Gasteiger partial charge in [-0.05, 0) is 12.1 Å². The summed E-state index contributed by atoms with van der Waals surface area (Å²) in [4.78, 5) is 34.7.